The Labute approximate surface area is 243 Å². The first kappa shape index (κ1) is 31.8. The molecule has 1 aliphatic heterocycles. The third-order valence-electron chi connectivity index (χ3n) is 7.63. The zero-order valence-corrected chi connectivity index (χ0v) is 25.5. The van der Waals surface area contributed by atoms with Crippen molar-refractivity contribution in [3.63, 3.8) is 0 Å². The van der Waals surface area contributed by atoms with Gasteiger partial charge >= 0.3 is 6.09 Å². The molecular formula is C31H45N3O5S. The Bertz CT molecular complexity index is 1100. The Morgan fingerprint density at radius 3 is 2.35 bits per heavy atom. The zero-order chi connectivity index (χ0) is 29.2. The third-order valence-corrected chi connectivity index (χ3v) is 8.61. The standard InChI is InChI=1S/C31H45N3O5S/c1-21-22(2)29(24(4)35)39-30(23(21)3)38-28-13-12-26(18-27(28)32)19-37-31(36)34(16-15-33(5)6)20-40-17-14-25-10-8-7-9-11-25/h7-13,18,21-23,29-30H,14-17,19-20,32H2,1-6H3/t21-,22?,23-,29?,30?/m0/s1. The number of likely N-dealkylation sites (N-methyl/N-ethyl adjacent to an activating group) is 1. The first-order valence-corrected chi connectivity index (χ1v) is 15.1. The molecule has 1 fully saturated rings. The van der Waals surface area contributed by atoms with Gasteiger partial charge in [0.15, 0.2) is 5.78 Å². The van der Waals surface area contributed by atoms with Crippen LogP contribution in [0.3, 0.4) is 0 Å². The normalized spacial score (nSPS) is 22.6. The van der Waals surface area contributed by atoms with Crippen LogP contribution in [0.1, 0.15) is 38.8 Å². The lowest BCUT2D eigenvalue weighted by Gasteiger charge is -2.42. The minimum atomic E-state index is -0.573. The molecule has 1 saturated heterocycles. The Morgan fingerprint density at radius 1 is 0.975 bits per heavy atom. The van der Waals surface area contributed by atoms with E-state index in [0.717, 1.165) is 24.3 Å². The highest BCUT2D eigenvalue weighted by atomic mass is 32.2. The molecule has 3 unspecified atom stereocenters. The second kappa shape index (κ2) is 15.3. The molecule has 220 valence electrons. The molecule has 40 heavy (non-hydrogen) atoms. The quantitative estimate of drug-likeness (QED) is 0.197. The number of aryl methyl sites for hydroxylation is 1. The third kappa shape index (κ3) is 9.14. The van der Waals surface area contributed by atoms with E-state index in [4.69, 9.17) is 19.9 Å². The van der Waals surface area contributed by atoms with Crippen LogP contribution in [0, 0.1) is 17.8 Å². The topological polar surface area (TPSA) is 94.3 Å². The number of carbonyl (C=O) groups excluding carboxylic acids is 2. The molecule has 1 heterocycles. The van der Waals surface area contributed by atoms with Crippen molar-refractivity contribution in [3.8, 4) is 5.75 Å². The number of nitrogens with zero attached hydrogens (tertiary/aromatic N) is 2. The lowest BCUT2D eigenvalue weighted by atomic mass is 9.78. The van der Waals surface area contributed by atoms with Gasteiger partial charge in [-0.2, -0.15) is 0 Å². The predicted octanol–water partition coefficient (Wildman–Crippen LogP) is 5.30. The minimum absolute atomic E-state index is 0.000735. The number of thioether (sulfide) groups is 1. The average Bonchev–Trinajstić information content (AvgIpc) is 2.92. The number of anilines is 1. The largest absolute Gasteiger partial charge is 0.462 e. The van der Waals surface area contributed by atoms with Gasteiger partial charge in [-0.3, -0.25) is 9.69 Å². The van der Waals surface area contributed by atoms with E-state index in [0.29, 0.717) is 23.9 Å². The van der Waals surface area contributed by atoms with Gasteiger partial charge in [-0.15, -0.1) is 11.8 Å². The van der Waals surface area contributed by atoms with Gasteiger partial charge in [-0.05, 0) is 68.3 Å². The Morgan fingerprint density at radius 2 is 1.70 bits per heavy atom. The van der Waals surface area contributed by atoms with E-state index in [1.165, 1.54) is 5.56 Å². The summed E-state index contributed by atoms with van der Waals surface area (Å²) in [6.45, 7) is 9.21. The number of hydrogen-bond acceptors (Lipinski definition) is 8. The van der Waals surface area contributed by atoms with Crippen molar-refractivity contribution >= 4 is 29.3 Å². The smallest absolute Gasteiger partial charge is 0.410 e. The van der Waals surface area contributed by atoms with Gasteiger partial charge in [-0.25, -0.2) is 4.79 Å². The van der Waals surface area contributed by atoms with Gasteiger partial charge in [0.25, 0.3) is 0 Å². The zero-order valence-electron chi connectivity index (χ0n) is 24.7. The number of Topliss-reactive ketones (excluding diaryl/α,β-unsaturated/α-hetero) is 1. The number of ketones is 1. The van der Waals surface area contributed by atoms with Gasteiger partial charge in [-0.1, -0.05) is 57.2 Å². The number of carbonyl (C=O) groups is 2. The summed E-state index contributed by atoms with van der Waals surface area (Å²) < 4.78 is 17.8. The van der Waals surface area contributed by atoms with E-state index in [-0.39, 0.29) is 36.2 Å². The molecule has 8 nitrogen and oxygen atoms in total. The molecule has 5 atom stereocenters. The SMILES string of the molecule is CC(=O)C1OC(Oc2ccc(COC(=O)N(CCN(C)C)CSCCc3ccccc3)cc2N)[C@@H](C)[C@@H](C)C1C. The maximum Gasteiger partial charge on any atom is 0.410 e. The highest BCUT2D eigenvalue weighted by Gasteiger charge is 2.42. The summed E-state index contributed by atoms with van der Waals surface area (Å²) in [5.41, 5.74) is 8.79. The fourth-order valence-corrected chi connectivity index (χ4v) is 5.66. The number of hydrogen-bond donors (Lipinski definition) is 1. The molecular weight excluding hydrogens is 526 g/mol. The van der Waals surface area contributed by atoms with E-state index in [2.05, 4.69) is 26.0 Å². The number of rotatable bonds is 13. The fourth-order valence-electron chi connectivity index (χ4n) is 4.69. The molecule has 0 aliphatic carbocycles. The summed E-state index contributed by atoms with van der Waals surface area (Å²) in [6.07, 6.45) is -0.470. The van der Waals surface area contributed by atoms with E-state index in [1.54, 1.807) is 35.7 Å². The molecule has 0 saturated carbocycles. The highest BCUT2D eigenvalue weighted by Crippen LogP contribution is 2.37. The molecule has 1 amide bonds. The second-order valence-electron chi connectivity index (χ2n) is 11.0. The minimum Gasteiger partial charge on any atom is -0.462 e. The summed E-state index contributed by atoms with van der Waals surface area (Å²) in [4.78, 5) is 28.8. The number of ether oxygens (including phenoxy) is 3. The second-order valence-corrected chi connectivity index (χ2v) is 12.1. The summed E-state index contributed by atoms with van der Waals surface area (Å²) in [5, 5.41) is 0. The molecule has 1 aliphatic rings. The Kier molecular flexibility index (Phi) is 12.2. The maximum absolute atomic E-state index is 13.0. The van der Waals surface area contributed by atoms with Gasteiger partial charge < -0.3 is 24.8 Å². The first-order chi connectivity index (χ1) is 19.1. The average molecular weight is 572 g/mol. The van der Waals surface area contributed by atoms with Crippen LogP contribution in [-0.4, -0.2) is 72.9 Å². The highest BCUT2D eigenvalue weighted by molar-refractivity contribution is 7.99. The van der Waals surface area contributed by atoms with E-state index in [9.17, 15) is 9.59 Å². The summed E-state index contributed by atoms with van der Waals surface area (Å²) in [5.74, 6) is 2.41. The van der Waals surface area contributed by atoms with E-state index < -0.39 is 12.4 Å². The van der Waals surface area contributed by atoms with Gasteiger partial charge in [0, 0.05) is 19.0 Å². The molecule has 2 N–H and O–H groups in total. The summed E-state index contributed by atoms with van der Waals surface area (Å²) >= 11 is 1.72. The Hall–Kier alpha value is -2.75. The van der Waals surface area contributed by atoms with Crippen LogP contribution in [0.4, 0.5) is 10.5 Å². The maximum atomic E-state index is 13.0. The van der Waals surface area contributed by atoms with Crippen LogP contribution in [-0.2, 0) is 27.3 Å². The van der Waals surface area contributed by atoms with Crippen LogP contribution in [0.5, 0.6) is 5.75 Å². The van der Waals surface area contributed by atoms with Crippen molar-refractivity contribution in [1.29, 1.82) is 0 Å². The number of nitrogens with two attached hydrogens (primary N) is 1. The van der Waals surface area contributed by atoms with Crippen molar-refractivity contribution in [2.75, 3.05) is 44.5 Å². The van der Waals surface area contributed by atoms with Crippen molar-refractivity contribution in [3.05, 3.63) is 59.7 Å². The van der Waals surface area contributed by atoms with Crippen LogP contribution in [0.25, 0.3) is 0 Å². The number of amides is 1. The molecule has 9 heteroatoms. The van der Waals surface area contributed by atoms with Crippen molar-refractivity contribution < 1.29 is 23.8 Å². The lowest BCUT2D eigenvalue weighted by Crippen LogP contribution is -2.49. The van der Waals surface area contributed by atoms with E-state index in [1.807, 2.05) is 50.2 Å². The van der Waals surface area contributed by atoms with Crippen LogP contribution < -0.4 is 10.5 Å². The van der Waals surface area contributed by atoms with E-state index >= 15 is 0 Å². The molecule has 2 aromatic rings. The van der Waals surface area contributed by atoms with Crippen LogP contribution in [0.2, 0.25) is 0 Å². The molecule has 2 aromatic carbocycles. The van der Waals surface area contributed by atoms with Crippen molar-refractivity contribution in [2.45, 2.75) is 53.1 Å². The van der Waals surface area contributed by atoms with Gasteiger partial charge in [0.05, 0.1) is 11.6 Å². The molecule has 3 rings (SSSR count). The monoisotopic (exact) mass is 571 g/mol. The molecule has 0 bridgehead atoms. The summed E-state index contributed by atoms with van der Waals surface area (Å²) in [7, 11) is 3.97. The summed E-state index contributed by atoms with van der Waals surface area (Å²) in [6, 6.07) is 15.7. The predicted molar refractivity (Wildman–Crippen MR) is 161 cm³/mol. The Balaban J connectivity index is 1.54. The number of benzene rings is 2. The van der Waals surface area contributed by atoms with Gasteiger partial charge in [0.2, 0.25) is 6.29 Å². The van der Waals surface area contributed by atoms with Crippen LogP contribution >= 0.6 is 11.8 Å². The van der Waals surface area contributed by atoms with Crippen molar-refractivity contribution in [2.24, 2.45) is 17.8 Å². The fraction of sp³-hybridized carbons (Fsp3) is 0.548. The molecule has 0 spiro atoms. The molecule has 0 radical (unpaired) electrons. The number of nitrogen functional groups attached to an aromatic ring is 1. The van der Waals surface area contributed by atoms with Crippen LogP contribution in [0.15, 0.2) is 48.5 Å². The van der Waals surface area contributed by atoms with Crippen molar-refractivity contribution in [1.82, 2.24) is 9.80 Å². The van der Waals surface area contributed by atoms with Gasteiger partial charge in [0.1, 0.15) is 18.5 Å². The lowest BCUT2D eigenvalue weighted by molar-refractivity contribution is -0.209. The molecule has 0 aromatic heterocycles. The first-order valence-electron chi connectivity index (χ1n) is 14.0.